The number of benzene rings is 2. The van der Waals surface area contributed by atoms with Gasteiger partial charge in [-0.1, -0.05) is 15.9 Å². The highest BCUT2D eigenvalue weighted by atomic mass is 79.9. The summed E-state index contributed by atoms with van der Waals surface area (Å²) in [5.74, 6) is -0.585. The number of hydrogen-bond acceptors (Lipinski definition) is 1. The van der Waals surface area contributed by atoms with E-state index in [9.17, 15) is 9.18 Å². The highest BCUT2D eigenvalue weighted by molar-refractivity contribution is 9.10. The van der Waals surface area contributed by atoms with E-state index in [0.717, 1.165) is 28.6 Å². The van der Waals surface area contributed by atoms with E-state index in [4.69, 9.17) is 0 Å². The number of carbonyl (C=O) groups excluding carboxylic acids is 1. The molecule has 21 heavy (non-hydrogen) atoms. The van der Waals surface area contributed by atoms with Crippen LogP contribution in [0.1, 0.15) is 22.3 Å². The molecular weight excluding hydrogens is 401 g/mol. The van der Waals surface area contributed by atoms with Crippen molar-refractivity contribution in [3.05, 3.63) is 62.3 Å². The fourth-order valence-electron chi connectivity index (χ4n) is 2.56. The zero-order valence-electron chi connectivity index (χ0n) is 11.1. The van der Waals surface area contributed by atoms with Gasteiger partial charge in [0.25, 0.3) is 5.91 Å². The molecule has 5 heteroatoms. The molecule has 0 aromatic heterocycles. The number of rotatable bonds is 1. The van der Waals surface area contributed by atoms with Gasteiger partial charge in [-0.25, -0.2) is 4.39 Å². The van der Waals surface area contributed by atoms with E-state index in [2.05, 4.69) is 31.9 Å². The van der Waals surface area contributed by atoms with Crippen LogP contribution in [0.4, 0.5) is 10.1 Å². The lowest BCUT2D eigenvalue weighted by atomic mass is 10.0. The third-order valence-corrected chi connectivity index (χ3v) is 4.71. The molecule has 2 nitrogen and oxygen atoms in total. The molecule has 0 atom stereocenters. The number of hydrogen-bond donors (Lipinski definition) is 0. The minimum absolute atomic E-state index is 0.162. The van der Waals surface area contributed by atoms with E-state index in [1.807, 2.05) is 18.2 Å². The lowest BCUT2D eigenvalue weighted by molar-refractivity contribution is 0.0984. The molecule has 2 aromatic carbocycles. The summed E-state index contributed by atoms with van der Waals surface area (Å²) < 4.78 is 15.0. The number of nitrogens with zero attached hydrogens (tertiary/aromatic N) is 1. The second-order valence-corrected chi connectivity index (χ2v) is 6.73. The molecule has 0 bridgehead atoms. The summed E-state index contributed by atoms with van der Waals surface area (Å²) in [4.78, 5) is 14.4. The first-order chi connectivity index (χ1) is 10.1. The number of amides is 1. The Hall–Kier alpha value is -1.20. The minimum atomic E-state index is -0.422. The lowest BCUT2D eigenvalue weighted by Gasteiger charge is -2.29. The summed E-state index contributed by atoms with van der Waals surface area (Å²) in [5, 5.41) is 0. The molecule has 0 radical (unpaired) electrons. The summed E-state index contributed by atoms with van der Waals surface area (Å²) in [6, 6.07) is 10.4. The van der Waals surface area contributed by atoms with E-state index in [0.29, 0.717) is 16.6 Å². The molecule has 1 aliphatic heterocycles. The third kappa shape index (κ3) is 2.90. The summed E-state index contributed by atoms with van der Waals surface area (Å²) in [6.07, 6.45) is 1.86. The van der Waals surface area contributed by atoms with Crippen LogP contribution < -0.4 is 4.90 Å². The third-order valence-electron chi connectivity index (χ3n) is 3.57. The van der Waals surface area contributed by atoms with Crippen molar-refractivity contribution in [3.63, 3.8) is 0 Å². The van der Waals surface area contributed by atoms with Crippen LogP contribution >= 0.6 is 31.9 Å². The van der Waals surface area contributed by atoms with Crippen LogP contribution in [0.2, 0.25) is 0 Å². The van der Waals surface area contributed by atoms with Crippen LogP contribution in [-0.4, -0.2) is 12.5 Å². The maximum atomic E-state index is 13.6. The van der Waals surface area contributed by atoms with Crippen LogP contribution in [0.25, 0.3) is 0 Å². The molecule has 0 saturated carbocycles. The Morgan fingerprint density at radius 1 is 1.14 bits per heavy atom. The van der Waals surface area contributed by atoms with Crippen LogP contribution in [-0.2, 0) is 6.42 Å². The Labute approximate surface area is 139 Å². The van der Waals surface area contributed by atoms with Crippen LogP contribution in [0.3, 0.4) is 0 Å². The van der Waals surface area contributed by atoms with Crippen molar-refractivity contribution in [1.29, 1.82) is 0 Å². The predicted octanol–water partition coefficient (Wildman–Crippen LogP) is 4.94. The molecule has 2 aromatic rings. The molecule has 0 N–H and O–H groups in total. The first kappa shape index (κ1) is 14.7. The molecule has 0 fully saturated rings. The quantitative estimate of drug-likeness (QED) is 0.649. The molecule has 3 rings (SSSR count). The van der Waals surface area contributed by atoms with Gasteiger partial charge in [-0.2, -0.15) is 0 Å². The van der Waals surface area contributed by atoms with Gasteiger partial charge in [0.2, 0.25) is 0 Å². The van der Waals surface area contributed by atoms with Gasteiger partial charge in [-0.3, -0.25) is 4.79 Å². The van der Waals surface area contributed by atoms with Crippen molar-refractivity contribution in [2.24, 2.45) is 0 Å². The fourth-order valence-corrected chi connectivity index (χ4v) is 3.22. The smallest absolute Gasteiger partial charge is 0.258 e. The number of aryl methyl sites for hydroxylation is 1. The van der Waals surface area contributed by atoms with Crippen molar-refractivity contribution in [2.75, 3.05) is 11.4 Å². The molecule has 0 aliphatic carbocycles. The monoisotopic (exact) mass is 411 g/mol. The van der Waals surface area contributed by atoms with Crippen molar-refractivity contribution in [2.45, 2.75) is 12.8 Å². The van der Waals surface area contributed by atoms with Gasteiger partial charge >= 0.3 is 0 Å². The van der Waals surface area contributed by atoms with Gasteiger partial charge in [-0.05, 0) is 70.7 Å². The maximum Gasteiger partial charge on any atom is 0.258 e. The SMILES string of the molecule is O=C(c1ccc(Br)c(F)c1)N1CCCc2cc(Br)ccc21. The fraction of sp³-hybridized carbons (Fsp3) is 0.188. The summed E-state index contributed by atoms with van der Waals surface area (Å²) >= 11 is 6.55. The summed E-state index contributed by atoms with van der Waals surface area (Å²) in [7, 11) is 0. The molecule has 1 heterocycles. The average Bonchev–Trinajstić information content (AvgIpc) is 2.48. The van der Waals surface area contributed by atoms with Gasteiger partial charge < -0.3 is 4.90 Å². The minimum Gasteiger partial charge on any atom is -0.308 e. The van der Waals surface area contributed by atoms with Crippen LogP contribution in [0.15, 0.2) is 45.3 Å². The molecular formula is C16H12Br2FNO. The lowest BCUT2D eigenvalue weighted by Crippen LogP contribution is -2.35. The number of carbonyl (C=O) groups is 1. The van der Waals surface area contributed by atoms with Crippen molar-refractivity contribution in [1.82, 2.24) is 0 Å². The van der Waals surface area contributed by atoms with Gasteiger partial charge in [-0.15, -0.1) is 0 Å². The number of anilines is 1. The van der Waals surface area contributed by atoms with E-state index >= 15 is 0 Å². The second-order valence-electron chi connectivity index (χ2n) is 4.96. The van der Waals surface area contributed by atoms with Gasteiger partial charge in [0, 0.05) is 22.3 Å². The molecule has 0 unspecified atom stereocenters. The van der Waals surface area contributed by atoms with E-state index in [1.165, 1.54) is 6.07 Å². The number of fused-ring (bicyclic) bond motifs is 1. The van der Waals surface area contributed by atoms with Gasteiger partial charge in [0.15, 0.2) is 0 Å². The molecule has 108 valence electrons. The van der Waals surface area contributed by atoms with Crippen LogP contribution in [0, 0.1) is 5.82 Å². The van der Waals surface area contributed by atoms with Crippen LogP contribution in [0.5, 0.6) is 0 Å². The predicted molar refractivity (Wildman–Crippen MR) is 88.2 cm³/mol. The topological polar surface area (TPSA) is 20.3 Å². The highest BCUT2D eigenvalue weighted by Crippen LogP contribution is 2.31. The Bertz CT molecular complexity index is 717. The Kier molecular flexibility index (Phi) is 4.13. The van der Waals surface area contributed by atoms with Crippen molar-refractivity contribution >= 4 is 43.5 Å². The Morgan fingerprint density at radius 2 is 1.95 bits per heavy atom. The number of halogens is 3. The van der Waals surface area contributed by atoms with E-state index in [-0.39, 0.29) is 5.91 Å². The largest absolute Gasteiger partial charge is 0.308 e. The molecule has 0 saturated heterocycles. The molecule has 1 aliphatic rings. The normalized spacial score (nSPS) is 14.0. The van der Waals surface area contributed by atoms with E-state index in [1.54, 1.807) is 17.0 Å². The Morgan fingerprint density at radius 3 is 2.71 bits per heavy atom. The van der Waals surface area contributed by atoms with Gasteiger partial charge in [0.1, 0.15) is 5.82 Å². The van der Waals surface area contributed by atoms with Crippen molar-refractivity contribution in [3.8, 4) is 0 Å². The van der Waals surface area contributed by atoms with Gasteiger partial charge in [0.05, 0.1) is 4.47 Å². The zero-order valence-corrected chi connectivity index (χ0v) is 14.2. The summed E-state index contributed by atoms with van der Waals surface area (Å²) in [5.41, 5.74) is 2.42. The second kappa shape index (κ2) is 5.89. The Balaban J connectivity index is 1.98. The summed E-state index contributed by atoms with van der Waals surface area (Å²) in [6.45, 7) is 0.658. The van der Waals surface area contributed by atoms with Crippen molar-refractivity contribution < 1.29 is 9.18 Å². The standard InChI is InChI=1S/C16H12Br2FNO/c17-12-4-6-15-10(8-12)2-1-7-20(15)16(21)11-3-5-13(18)14(19)9-11/h3-6,8-9H,1-2,7H2. The first-order valence-corrected chi connectivity index (χ1v) is 8.20. The maximum absolute atomic E-state index is 13.6. The molecule has 1 amide bonds. The highest BCUT2D eigenvalue weighted by Gasteiger charge is 2.24. The first-order valence-electron chi connectivity index (χ1n) is 6.61. The van der Waals surface area contributed by atoms with E-state index < -0.39 is 5.82 Å². The zero-order chi connectivity index (χ0) is 15.0. The molecule has 0 spiro atoms. The average molecular weight is 413 g/mol.